The lowest BCUT2D eigenvalue weighted by Gasteiger charge is -2.21. The minimum Gasteiger partial charge on any atom is -0.462 e. The highest BCUT2D eigenvalue weighted by Gasteiger charge is 2.30. The molecule has 0 bridgehead atoms. The van der Waals surface area contributed by atoms with Crippen molar-refractivity contribution in [1.29, 1.82) is 0 Å². The maximum atomic E-state index is 13.1. The second-order valence-electron chi connectivity index (χ2n) is 27.2. The van der Waals surface area contributed by atoms with Crippen molar-refractivity contribution in [2.75, 3.05) is 39.6 Å². The highest BCUT2D eigenvalue weighted by molar-refractivity contribution is 7.47. The van der Waals surface area contributed by atoms with Gasteiger partial charge < -0.3 is 33.8 Å². The Bertz CT molecular complexity index is 1790. The minimum atomic E-state index is -4.95. The molecule has 552 valence electrons. The largest absolute Gasteiger partial charge is 0.472 e. The minimum absolute atomic E-state index is 0.106. The third-order valence-corrected chi connectivity index (χ3v) is 19.2. The molecule has 0 rings (SSSR count). The van der Waals surface area contributed by atoms with E-state index in [1.54, 1.807) is 0 Å². The number of unbranched alkanes of at least 4 members (excludes halogenated alkanes) is 46. The molecule has 0 aromatic heterocycles. The molecule has 0 radical (unpaired) electrons. The second-order valence-corrected chi connectivity index (χ2v) is 30.1. The first-order valence-corrected chi connectivity index (χ1v) is 41.6. The van der Waals surface area contributed by atoms with Gasteiger partial charge in [0.05, 0.1) is 26.4 Å². The van der Waals surface area contributed by atoms with Gasteiger partial charge in [0.15, 0.2) is 12.2 Å². The van der Waals surface area contributed by atoms with E-state index in [-0.39, 0.29) is 25.7 Å². The standard InChI is InChI=1S/C74H144O17P2/c1-6-9-12-15-18-21-23-25-27-28-30-32-34-39-44-49-54-59-73(78)90-70(64-85-72(77)58-53-48-43-38-33-31-29-26-24-22-19-16-13-10-7-2)66-89-93(82,83)87-62-68(75)61-86-92(80,81)88-65-69(63-84-71(76)57-52-47-42-36-20-17-14-11-8-3)91-74(79)60-55-50-45-40-35-37-41-46-51-56-67(4)5/h67-70,75H,6-66H2,1-5H3,(H,80,81)(H,82,83)/t68-,69+,70+/m0/s1. The summed E-state index contributed by atoms with van der Waals surface area (Å²) in [6.07, 6.45) is 55.5. The number of hydrogen-bond donors (Lipinski definition) is 3. The summed E-state index contributed by atoms with van der Waals surface area (Å²) >= 11 is 0. The van der Waals surface area contributed by atoms with Crippen molar-refractivity contribution in [2.45, 2.75) is 406 Å². The van der Waals surface area contributed by atoms with E-state index in [4.69, 9.17) is 37.0 Å². The number of carbonyl (C=O) groups excluding carboxylic acids is 4. The molecule has 0 fully saturated rings. The molecule has 5 atom stereocenters. The fourth-order valence-corrected chi connectivity index (χ4v) is 12.9. The van der Waals surface area contributed by atoms with E-state index < -0.39 is 97.5 Å². The summed E-state index contributed by atoms with van der Waals surface area (Å²) in [5.41, 5.74) is 0. The summed E-state index contributed by atoms with van der Waals surface area (Å²) in [5, 5.41) is 10.6. The fourth-order valence-electron chi connectivity index (χ4n) is 11.4. The van der Waals surface area contributed by atoms with Gasteiger partial charge in [-0.3, -0.25) is 37.3 Å². The number of carbonyl (C=O) groups is 4. The number of rotatable bonds is 74. The summed E-state index contributed by atoms with van der Waals surface area (Å²) in [7, 11) is -9.90. The SMILES string of the molecule is CCCCCCCCCCCCCCCCCCCC(=O)O[C@H](COC(=O)CCCCCCCCCCCCCCCCC)COP(=O)(O)OC[C@@H](O)COP(=O)(O)OC[C@@H](COC(=O)CCCCCCCCCCC)OC(=O)CCCCCCCCCCCC(C)C. The smallest absolute Gasteiger partial charge is 0.462 e. The van der Waals surface area contributed by atoms with E-state index in [1.165, 1.54) is 212 Å². The van der Waals surface area contributed by atoms with E-state index in [0.717, 1.165) is 95.8 Å². The molecule has 19 heteroatoms. The van der Waals surface area contributed by atoms with Crippen molar-refractivity contribution < 1.29 is 80.2 Å². The Hall–Kier alpha value is -1.94. The number of esters is 4. The Kier molecular flexibility index (Phi) is 65.9. The van der Waals surface area contributed by atoms with Gasteiger partial charge in [-0.05, 0) is 31.6 Å². The molecule has 0 aliphatic heterocycles. The van der Waals surface area contributed by atoms with Gasteiger partial charge in [0, 0.05) is 25.7 Å². The maximum Gasteiger partial charge on any atom is 0.472 e. The quantitative estimate of drug-likeness (QED) is 0.0222. The van der Waals surface area contributed by atoms with Crippen molar-refractivity contribution in [3.05, 3.63) is 0 Å². The molecule has 0 saturated heterocycles. The van der Waals surface area contributed by atoms with Gasteiger partial charge in [-0.1, -0.05) is 336 Å². The fraction of sp³-hybridized carbons (Fsp3) is 0.946. The molecule has 17 nitrogen and oxygen atoms in total. The molecule has 0 aliphatic rings. The van der Waals surface area contributed by atoms with Crippen LogP contribution in [0, 0.1) is 5.92 Å². The molecule has 0 amide bonds. The lowest BCUT2D eigenvalue weighted by atomic mass is 10.0. The van der Waals surface area contributed by atoms with Crippen molar-refractivity contribution in [1.82, 2.24) is 0 Å². The third-order valence-electron chi connectivity index (χ3n) is 17.3. The molecule has 0 spiro atoms. The Balaban J connectivity index is 5.23. The molecule has 2 unspecified atom stereocenters. The average Bonchev–Trinajstić information content (AvgIpc) is 1.90. The Morgan fingerprint density at radius 2 is 0.495 bits per heavy atom. The Labute approximate surface area is 568 Å². The zero-order valence-corrected chi connectivity index (χ0v) is 62.2. The van der Waals surface area contributed by atoms with Crippen LogP contribution in [-0.4, -0.2) is 96.7 Å². The van der Waals surface area contributed by atoms with E-state index in [0.29, 0.717) is 25.7 Å². The predicted molar refractivity (Wildman–Crippen MR) is 377 cm³/mol. The van der Waals surface area contributed by atoms with Crippen LogP contribution in [0.25, 0.3) is 0 Å². The monoisotopic (exact) mass is 1370 g/mol. The number of aliphatic hydroxyl groups excluding tert-OH is 1. The van der Waals surface area contributed by atoms with Crippen LogP contribution in [0.3, 0.4) is 0 Å². The topological polar surface area (TPSA) is 237 Å². The lowest BCUT2D eigenvalue weighted by molar-refractivity contribution is -0.161. The van der Waals surface area contributed by atoms with Crippen molar-refractivity contribution in [3.63, 3.8) is 0 Å². The van der Waals surface area contributed by atoms with Gasteiger partial charge in [0.2, 0.25) is 0 Å². The molecule has 0 heterocycles. The summed E-state index contributed by atoms with van der Waals surface area (Å²) in [4.78, 5) is 72.7. The van der Waals surface area contributed by atoms with Crippen LogP contribution in [0.1, 0.15) is 388 Å². The number of aliphatic hydroxyl groups is 1. The highest BCUT2D eigenvalue weighted by Crippen LogP contribution is 2.45. The Morgan fingerprint density at radius 3 is 0.731 bits per heavy atom. The van der Waals surface area contributed by atoms with Gasteiger partial charge in [0.1, 0.15) is 19.3 Å². The van der Waals surface area contributed by atoms with Crippen LogP contribution in [0.15, 0.2) is 0 Å². The first-order chi connectivity index (χ1) is 45.0. The molecule has 0 saturated carbocycles. The predicted octanol–water partition coefficient (Wildman–Crippen LogP) is 21.7. The van der Waals surface area contributed by atoms with E-state index in [1.807, 2.05) is 0 Å². The van der Waals surface area contributed by atoms with Crippen LogP contribution in [0.5, 0.6) is 0 Å². The number of ether oxygens (including phenoxy) is 4. The zero-order valence-electron chi connectivity index (χ0n) is 60.4. The van der Waals surface area contributed by atoms with Crippen molar-refractivity contribution in [3.8, 4) is 0 Å². The summed E-state index contributed by atoms with van der Waals surface area (Å²) < 4.78 is 68.4. The van der Waals surface area contributed by atoms with Crippen LogP contribution in [0.4, 0.5) is 0 Å². The molecule has 0 aromatic carbocycles. The molecule has 0 aliphatic carbocycles. The zero-order chi connectivity index (χ0) is 68.4. The first-order valence-electron chi connectivity index (χ1n) is 38.6. The summed E-state index contributed by atoms with van der Waals surface area (Å²) in [5.74, 6) is -1.38. The number of phosphoric acid groups is 2. The van der Waals surface area contributed by atoms with Gasteiger partial charge >= 0.3 is 39.5 Å². The van der Waals surface area contributed by atoms with Crippen LogP contribution >= 0.6 is 15.6 Å². The molecule has 3 N–H and O–H groups in total. The van der Waals surface area contributed by atoms with Gasteiger partial charge in [-0.25, -0.2) is 9.13 Å². The lowest BCUT2D eigenvalue weighted by Crippen LogP contribution is -2.30. The Morgan fingerprint density at radius 1 is 0.290 bits per heavy atom. The average molecular weight is 1370 g/mol. The van der Waals surface area contributed by atoms with Gasteiger partial charge in [0.25, 0.3) is 0 Å². The van der Waals surface area contributed by atoms with E-state index >= 15 is 0 Å². The first kappa shape index (κ1) is 91.1. The molecule has 93 heavy (non-hydrogen) atoms. The number of phosphoric ester groups is 2. The van der Waals surface area contributed by atoms with Crippen molar-refractivity contribution >= 4 is 39.5 Å². The second kappa shape index (κ2) is 67.3. The molecular weight excluding hydrogens is 1220 g/mol. The highest BCUT2D eigenvalue weighted by atomic mass is 31.2. The third kappa shape index (κ3) is 68.4. The number of hydrogen-bond acceptors (Lipinski definition) is 15. The molecular formula is C74H144O17P2. The van der Waals surface area contributed by atoms with Gasteiger partial charge in [-0.15, -0.1) is 0 Å². The maximum absolute atomic E-state index is 13.1. The summed E-state index contributed by atoms with van der Waals surface area (Å²) in [6.45, 7) is 7.24. The van der Waals surface area contributed by atoms with Crippen molar-refractivity contribution in [2.24, 2.45) is 5.92 Å². The molecule has 0 aromatic rings. The van der Waals surface area contributed by atoms with E-state index in [9.17, 15) is 43.2 Å². The van der Waals surface area contributed by atoms with E-state index in [2.05, 4.69) is 34.6 Å². The van der Waals surface area contributed by atoms with Gasteiger partial charge in [-0.2, -0.15) is 0 Å². The van der Waals surface area contributed by atoms with Crippen LogP contribution in [-0.2, 0) is 65.4 Å². The van der Waals surface area contributed by atoms with Crippen LogP contribution in [0.2, 0.25) is 0 Å². The van der Waals surface area contributed by atoms with Crippen LogP contribution < -0.4 is 0 Å². The summed E-state index contributed by atoms with van der Waals surface area (Å²) in [6, 6.07) is 0. The normalized spacial score (nSPS) is 14.0.